The van der Waals surface area contributed by atoms with Crippen molar-refractivity contribution in [1.82, 2.24) is 0 Å². The van der Waals surface area contributed by atoms with E-state index in [9.17, 15) is 0 Å². The summed E-state index contributed by atoms with van der Waals surface area (Å²) >= 11 is 0. The van der Waals surface area contributed by atoms with Crippen LogP contribution in [0.1, 0.15) is 92.9 Å². The minimum atomic E-state index is 0.561. The molecule has 0 aromatic heterocycles. The van der Waals surface area contributed by atoms with E-state index in [1.165, 1.54) is 51.4 Å². The van der Waals surface area contributed by atoms with E-state index >= 15 is 0 Å². The van der Waals surface area contributed by atoms with Gasteiger partial charge in [0.05, 0.1) is 0 Å². The second kappa shape index (κ2) is 6.23. The number of rotatable bonds is 8. The lowest BCUT2D eigenvalue weighted by Crippen LogP contribution is -2.50. The molecule has 1 aliphatic rings. The van der Waals surface area contributed by atoms with E-state index in [1.54, 1.807) is 0 Å². The van der Waals surface area contributed by atoms with Crippen molar-refractivity contribution in [2.45, 2.75) is 98.2 Å². The van der Waals surface area contributed by atoms with Crippen LogP contribution in [0.25, 0.3) is 0 Å². The molecule has 19 heavy (non-hydrogen) atoms. The molecule has 112 valence electrons. The molecule has 0 aliphatic heterocycles. The first kappa shape index (κ1) is 17.1. The maximum Gasteiger partial charge on any atom is 0.109 e. The number of hydrogen-bond acceptors (Lipinski definition) is 0. The largest absolute Gasteiger partial charge is 0.109 e. The lowest BCUT2D eigenvalue weighted by molar-refractivity contribution is -0.0973. The molecular formula is C18H37B. The fourth-order valence-corrected chi connectivity index (χ4v) is 4.59. The molecule has 0 heterocycles. The molecule has 1 rings (SSSR count). The fraction of sp³-hybridized carbons (Fsp3) is 1.00. The van der Waals surface area contributed by atoms with Crippen LogP contribution in [-0.4, -0.2) is 7.85 Å². The van der Waals surface area contributed by atoms with Gasteiger partial charge in [-0.2, -0.15) is 0 Å². The first-order valence-electron chi connectivity index (χ1n) is 8.83. The zero-order chi connectivity index (χ0) is 14.7. The van der Waals surface area contributed by atoms with Crippen LogP contribution in [-0.2, 0) is 0 Å². The summed E-state index contributed by atoms with van der Waals surface area (Å²) in [5.41, 5.74) is 1.20. The molecule has 0 spiro atoms. The first-order chi connectivity index (χ1) is 8.83. The highest BCUT2D eigenvalue weighted by Gasteiger charge is 2.53. The number of hydrogen-bond donors (Lipinski definition) is 0. The Hall–Kier alpha value is 0.0649. The zero-order valence-electron chi connectivity index (χ0n) is 14.7. The third kappa shape index (κ3) is 2.90. The molecule has 0 nitrogen and oxygen atoms in total. The molecule has 0 bridgehead atoms. The van der Waals surface area contributed by atoms with Gasteiger partial charge in [0, 0.05) is 0 Å². The first-order valence-corrected chi connectivity index (χ1v) is 8.83. The van der Waals surface area contributed by atoms with Gasteiger partial charge < -0.3 is 0 Å². The molecule has 0 N–H and O–H groups in total. The summed E-state index contributed by atoms with van der Waals surface area (Å²) in [6.45, 7) is 14.7. The molecule has 0 amide bonds. The van der Waals surface area contributed by atoms with E-state index in [1.807, 2.05) is 0 Å². The third-order valence-electron chi connectivity index (χ3n) is 7.57. The molecular weight excluding hydrogens is 227 g/mol. The molecule has 1 fully saturated rings. The summed E-state index contributed by atoms with van der Waals surface area (Å²) in [5, 5.41) is 0.568. The predicted octanol–water partition coefficient (Wildman–Crippen LogP) is 5.62. The van der Waals surface area contributed by atoms with Crippen LogP contribution in [0.15, 0.2) is 0 Å². The molecule has 0 aromatic carbocycles. The fourth-order valence-electron chi connectivity index (χ4n) is 4.59. The van der Waals surface area contributed by atoms with Gasteiger partial charge in [0.15, 0.2) is 0 Å². The van der Waals surface area contributed by atoms with E-state index in [-0.39, 0.29) is 0 Å². The van der Waals surface area contributed by atoms with Crippen molar-refractivity contribution in [3.8, 4) is 0 Å². The minimum absolute atomic E-state index is 0.561. The Kier molecular flexibility index (Phi) is 5.61. The van der Waals surface area contributed by atoms with E-state index in [4.69, 9.17) is 0 Å². The molecule has 1 aliphatic carbocycles. The van der Waals surface area contributed by atoms with E-state index in [2.05, 4.69) is 49.4 Å². The van der Waals surface area contributed by atoms with Crippen LogP contribution in [0.2, 0.25) is 5.31 Å². The topological polar surface area (TPSA) is 0 Å². The summed E-state index contributed by atoms with van der Waals surface area (Å²) < 4.78 is 0. The monoisotopic (exact) mass is 264 g/mol. The van der Waals surface area contributed by atoms with Gasteiger partial charge in [-0.25, -0.2) is 0 Å². The molecule has 0 radical (unpaired) electrons. The third-order valence-corrected chi connectivity index (χ3v) is 7.57. The molecule has 3 atom stereocenters. The Morgan fingerprint density at radius 3 is 1.89 bits per heavy atom. The van der Waals surface area contributed by atoms with Gasteiger partial charge in [-0.3, -0.25) is 0 Å². The normalized spacial score (nSPS) is 30.7. The maximum absolute atomic E-state index is 2.60. The maximum atomic E-state index is 2.60. The predicted molar refractivity (Wildman–Crippen MR) is 90.6 cm³/mol. The summed E-state index contributed by atoms with van der Waals surface area (Å²) in [5.74, 6) is 0.942. The van der Waals surface area contributed by atoms with Crippen molar-refractivity contribution in [3.05, 3.63) is 0 Å². The summed E-state index contributed by atoms with van der Waals surface area (Å²) in [6.07, 6.45) is 11.2. The van der Waals surface area contributed by atoms with Crippen LogP contribution in [0.3, 0.4) is 0 Å². The molecule has 1 saturated carbocycles. The summed E-state index contributed by atoms with van der Waals surface area (Å²) in [4.78, 5) is 0. The van der Waals surface area contributed by atoms with Crippen molar-refractivity contribution in [2.75, 3.05) is 0 Å². The second-order valence-electron chi connectivity index (χ2n) is 7.88. The van der Waals surface area contributed by atoms with Crippen molar-refractivity contribution >= 4 is 7.85 Å². The Morgan fingerprint density at radius 1 is 1.05 bits per heavy atom. The molecule has 0 aromatic rings. The van der Waals surface area contributed by atoms with Gasteiger partial charge in [-0.1, -0.05) is 72.5 Å². The zero-order valence-corrected chi connectivity index (χ0v) is 14.7. The minimum Gasteiger partial charge on any atom is -0.0655 e. The quantitative estimate of drug-likeness (QED) is 0.499. The van der Waals surface area contributed by atoms with Crippen molar-refractivity contribution < 1.29 is 0 Å². The lowest BCUT2D eigenvalue weighted by Gasteiger charge is -2.60. The van der Waals surface area contributed by atoms with Crippen LogP contribution >= 0.6 is 0 Å². The Bertz CT molecular complexity index is 277. The standard InChI is InChI=1S/C18H37B/c1-7-16(6,13-14-17(19,8-2)9-3)18(10-4)12-11-15(18)5/h15H,7-14,19H2,1-6H3. The van der Waals surface area contributed by atoms with E-state index in [0.717, 1.165) is 5.92 Å². The van der Waals surface area contributed by atoms with Crippen LogP contribution in [0.5, 0.6) is 0 Å². The van der Waals surface area contributed by atoms with E-state index < -0.39 is 0 Å². The van der Waals surface area contributed by atoms with Crippen molar-refractivity contribution in [2.24, 2.45) is 16.7 Å². The average molecular weight is 264 g/mol. The van der Waals surface area contributed by atoms with Crippen LogP contribution < -0.4 is 0 Å². The Morgan fingerprint density at radius 2 is 1.63 bits per heavy atom. The van der Waals surface area contributed by atoms with Crippen molar-refractivity contribution in [3.63, 3.8) is 0 Å². The van der Waals surface area contributed by atoms with Gasteiger partial charge in [-0.15, -0.1) is 0 Å². The smallest absolute Gasteiger partial charge is 0.0655 e. The Labute approximate surface area is 123 Å². The molecule has 3 unspecified atom stereocenters. The van der Waals surface area contributed by atoms with Gasteiger partial charge in [0.25, 0.3) is 0 Å². The lowest BCUT2D eigenvalue weighted by atomic mass is 9.45. The molecule has 1 heteroatoms. The van der Waals surface area contributed by atoms with Gasteiger partial charge >= 0.3 is 0 Å². The summed E-state index contributed by atoms with van der Waals surface area (Å²) in [6, 6.07) is 0. The highest BCUT2D eigenvalue weighted by atomic mass is 14.6. The Balaban J connectivity index is 2.81. The highest BCUT2D eigenvalue weighted by molar-refractivity contribution is 6.15. The van der Waals surface area contributed by atoms with Gasteiger partial charge in [0.2, 0.25) is 0 Å². The van der Waals surface area contributed by atoms with Crippen LogP contribution in [0.4, 0.5) is 0 Å². The van der Waals surface area contributed by atoms with E-state index in [0.29, 0.717) is 16.1 Å². The van der Waals surface area contributed by atoms with Crippen LogP contribution in [0, 0.1) is 16.7 Å². The van der Waals surface area contributed by atoms with Gasteiger partial charge in [0.1, 0.15) is 7.85 Å². The average Bonchev–Trinajstić information content (AvgIpc) is 2.44. The summed E-state index contributed by atoms with van der Waals surface area (Å²) in [7, 11) is 2.49. The second-order valence-corrected chi connectivity index (χ2v) is 7.88. The SMILES string of the molecule is BC(CC)(CC)CCC(C)(CC)C1(CC)CCC1C. The van der Waals surface area contributed by atoms with Crippen molar-refractivity contribution in [1.29, 1.82) is 0 Å². The highest BCUT2D eigenvalue weighted by Crippen LogP contribution is 2.63. The van der Waals surface area contributed by atoms with Gasteiger partial charge in [-0.05, 0) is 42.4 Å². The molecule has 0 saturated heterocycles.